The number of fused-ring (bicyclic) bond motifs is 1. The molecule has 2 aromatic heterocycles. The summed E-state index contributed by atoms with van der Waals surface area (Å²) in [6, 6.07) is 2.06. The normalized spacial score (nSPS) is 16.5. The van der Waals surface area contributed by atoms with Crippen molar-refractivity contribution in [3.8, 4) is 0 Å². The molecule has 2 aliphatic heterocycles. The molecule has 0 aromatic carbocycles. The van der Waals surface area contributed by atoms with Gasteiger partial charge >= 0.3 is 0 Å². The molecule has 0 aliphatic carbocycles. The summed E-state index contributed by atoms with van der Waals surface area (Å²) in [5.41, 5.74) is 1.83. The quantitative estimate of drug-likeness (QED) is 0.820. The van der Waals surface area contributed by atoms with E-state index in [4.69, 9.17) is 0 Å². The summed E-state index contributed by atoms with van der Waals surface area (Å²) in [6.45, 7) is 2.00. The number of carbonyl (C=O) groups excluding carboxylic acids is 3. The van der Waals surface area contributed by atoms with Crippen LogP contribution in [0.2, 0.25) is 0 Å². The van der Waals surface area contributed by atoms with Crippen molar-refractivity contribution in [1.29, 1.82) is 0 Å². The Kier molecular flexibility index (Phi) is 5.22. The van der Waals surface area contributed by atoms with Crippen molar-refractivity contribution < 1.29 is 14.4 Å². The standard InChI is InChI=1S/C18H20N4O3S2/c23-15(8-13-11-27-18(20-13)22-5-1-2-16(22)24)19-9-17(25)21-6-3-14-12(10-21)4-7-26-14/h4,7,11H,1-3,5-6,8-10H2,(H,19,23). The lowest BCUT2D eigenvalue weighted by molar-refractivity contribution is -0.133. The molecule has 1 saturated heterocycles. The highest BCUT2D eigenvalue weighted by molar-refractivity contribution is 7.14. The van der Waals surface area contributed by atoms with Crippen molar-refractivity contribution >= 4 is 45.5 Å². The first-order chi connectivity index (χ1) is 13.1. The maximum atomic E-state index is 12.4. The van der Waals surface area contributed by atoms with Gasteiger partial charge in [0.15, 0.2) is 5.13 Å². The van der Waals surface area contributed by atoms with E-state index < -0.39 is 0 Å². The molecule has 142 valence electrons. The second-order valence-electron chi connectivity index (χ2n) is 6.66. The highest BCUT2D eigenvalue weighted by Gasteiger charge is 2.25. The lowest BCUT2D eigenvalue weighted by Crippen LogP contribution is -2.42. The van der Waals surface area contributed by atoms with Gasteiger partial charge < -0.3 is 10.2 Å². The number of hydrogen-bond donors (Lipinski definition) is 1. The zero-order valence-corrected chi connectivity index (χ0v) is 16.4. The predicted octanol–water partition coefficient (Wildman–Crippen LogP) is 1.57. The van der Waals surface area contributed by atoms with E-state index in [1.54, 1.807) is 26.5 Å². The SMILES string of the molecule is O=C(Cc1csc(N2CCCC2=O)n1)NCC(=O)N1CCc2sccc2C1. The Balaban J connectivity index is 1.26. The van der Waals surface area contributed by atoms with Crippen molar-refractivity contribution in [2.24, 2.45) is 0 Å². The molecule has 0 bridgehead atoms. The highest BCUT2D eigenvalue weighted by atomic mass is 32.1. The lowest BCUT2D eigenvalue weighted by atomic mass is 10.1. The molecule has 0 saturated carbocycles. The Hall–Kier alpha value is -2.26. The van der Waals surface area contributed by atoms with E-state index >= 15 is 0 Å². The summed E-state index contributed by atoms with van der Waals surface area (Å²) in [4.78, 5) is 45.5. The number of anilines is 1. The molecule has 1 N–H and O–H groups in total. The molecule has 0 unspecified atom stereocenters. The predicted molar refractivity (Wildman–Crippen MR) is 104 cm³/mol. The van der Waals surface area contributed by atoms with Gasteiger partial charge in [-0.15, -0.1) is 22.7 Å². The molecule has 7 nitrogen and oxygen atoms in total. The average molecular weight is 405 g/mol. The fraction of sp³-hybridized carbons (Fsp3) is 0.444. The minimum Gasteiger partial charge on any atom is -0.347 e. The highest BCUT2D eigenvalue weighted by Crippen LogP contribution is 2.25. The van der Waals surface area contributed by atoms with Gasteiger partial charge in [0.1, 0.15) is 0 Å². The molecule has 1 fully saturated rings. The lowest BCUT2D eigenvalue weighted by Gasteiger charge is -2.27. The number of aromatic nitrogens is 1. The van der Waals surface area contributed by atoms with E-state index in [2.05, 4.69) is 21.7 Å². The van der Waals surface area contributed by atoms with Crippen LogP contribution in [0.3, 0.4) is 0 Å². The Bertz CT molecular complexity index is 876. The van der Waals surface area contributed by atoms with Crippen LogP contribution in [0, 0.1) is 0 Å². The maximum absolute atomic E-state index is 12.4. The molecule has 0 atom stereocenters. The Labute approximate surface area is 165 Å². The third kappa shape index (κ3) is 4.03. The van der Waals surface area contributed by atoms with Crippen LogP contribution in [0.5, 0.6) is 0 Å². The monoisotopic (exact) mass is 404 g/mol. The molecule has 9 heteroatoms. The van der Waals surface area contributed by atoms with Crippen molar-refractivity contribution in [3.63, 3.8) is 0 Å². The zero-order valence-electron chi connectivity index (χ0n) is 14.8. The minimum atomic E-state index is -0.235. The third-order valence-electron chi connectivity index (χ3n) is 4.78. The van der Waals surface area contributed by atoms with Crippen LogP contribution in [-0.4, -0.2) is 47.2 Å². The molecule has 3 amide bonds. The van der Waals surface area contributed by atoms with Crippen LogP contribution in [-0.2, 0) is 33.8 Å². The van der Waals surface area contributed by atoms with Crippen LogP contribution in [0.4, 0.5) is 5.13 Å². The van der Waals surface area contributed by atoms with E-state index in [0.717, 1.165) is 12.8 Å². The van der Waals surface area contributed by atoms with Gasteiger partial charge in [0.2, 0.25) is 17.7 Å². The second-order valence-corrected chi connectivity index (χ2v) is 8.50. The Morgan fingerprint density at radius 2 is 2.11 bits per heavy atom. The topological polar surface area (TPSA) is 82.6 Å². The molecule has 2 aliphatic rings. The van der Waals surface area contributed by atoms with Crippen LogP contribution in [0.1, 0.15) is 29.0 Å². The molecule has 4 rings (SSSR count). The Morgan fingerprint density at radius 1 is 1.22 bits per heavy atom. The first kappa shape index (κ1) is 18.1. The molecule has 0 spiro atoms. The number of nitrogens with one attached hydrogen (secondary N) is 1. The van der Waals surface area contributed by atoms with Gasteiger partial charge in [0, 0.05) is 36.3 Å². The third-order valence-corrected chi connectivity index (χ3v) is 6.72. The smallest absolute Gasteiger partial charge is 0.242 e. The first-order valence-corrected chi connectivity index (χ1v) is 10.7. The summed E-state index contributed by atoms with van der Waals surface area (Å²) in [5.74, 6) is -0.218. The molecule has 27 heavy (non-hydrogen) atoms. The number of thiophene rings is 1. The van der Waals surface area contributed by atoms with Crippen molar-refractivity contribution in [2.75, 3.05) is 24.5 Å². The number of amides is 3. The van der Waals surface area contributed by atoms with E-state index in [-0.39, 0.29) is 30.7 Å². The maximum Gasteiger partial charge on any atom is 0.242 e. The van der Waals surface area contributed by atoms with Crippen LogP contribution < -0.4 is 10.2 Å². The Morgan fingerprint density at radius 3 is 2.93 bits per heavy atom. The van der Waals surface area contributed by atoms with Gasteiger partial charge in [0.25, 0.3) is 0 Å². The number of hydrogen-bond acceptors (Lipinski definition) is 6. The van der Waals surface area contributed by atoms with Gasteiger partial charge in [-0.2, -0.15) is 0 Å². The zero-order chi connectivity index (χ0) is 18.8. The van der Waals surface area contributed by atoms with Crippen molar-refractivity contribution in [3.05, 3.63) is 33.0 Å². The molecule has 0 radical (unpaired) electrons. The van der Waals surface area contributed by atoms with Crippen LogP contribution in [0.15, 0.2) is 16.8 Å². The van der Waals surface area contributed by atoms with E-state index in [1.807, 2.05) is 0 Å². The summed E-state index contributed by atoms with van der Waals surface area (Å²) in [5, 5.41) is 7.19. The summed E-state index contributed by atoms with van der Waals surface area (Å²) >= 11 is 3.11. The van der Waals surface area contributed by atoms with Gasteiger partial charge in [-0.1, -0.05) is 0 Å². The summed E-state index contributed by atoms with van der Waals surface area (Å²) in [6.07, 6.45) is 2.39. The second kappa shape index (κ2) is 7.77. The van der Waals surface area contributed by atoms with Gasteiger partial charge in [-0.05, 0) is 29.9 Å². The average Bonchev–Trinajstić information content (AvgIpc) is 3.39. The number of thiazole rings is 1. The number of nitrogens with zero attached hydrogens (tertiary/aromatic N) is 3. The number of rotatable bonds is 5. The fourth-order valence-electron chi connectivity index (χ4n) is 3.33. The van der Waals surface area contributed by atoms with Gasteiger partial charge in [-0.3, -0.25) is 19.3 Å². The van der Waals surface area contributed by atoms with Crippen molar-refractivity contribution in [1.82, 2.24) is 15.2 Å². The van der Waals surface area contributed by atoms with Crippen LogP contribution in [0.25, 0.3) is 0 Å². The van der Waals surface area contributed by atoms with Crippen LogP contribution >= 0.6 is 22.7 Å². The molecule has 4 heterocycles. The molecular formula is C18H20N4O3S2. The van der Waals surface area contributed by atoms with E-state index in [0.29, 0.717) is 36.9 Å². The molecule has 2 aromatic rings. The first-order valence-electron chi connectivity index (χ1n) is 8.94. The van der Waals surface area contributed by atoms with Crippen molar-refractivity contribution in [2.45, 2.75) is 32.2 Å². The summed E-state index contributed by atoms with van der Waals surface area (Å²) in [7, 11) is 0. The number of carbonyl (C=O) groups is 3. The van der Waals surface area contributed by atoms with E-state index in [1.165, 1.54) is 21.8 Å². The molecular weight excluding hydrogens is 384 g/mol. The minimum absolute atomic E-state index is 0.0000903. The fourth-order valence-corrected chi connectivity index (χ4v) is 5.08. The summed E-state index contributed by atoms with van der Waals surface area (Å²) < 4.78 is 0. The van der Waals surface area contributed by atoms with Gasteiger partial charge in [0.05, 0.1) is 18.7 Å². The largest absolute Gasteiger partial charge is 0.347 e. The van der Waals surface area contributed by atoms with Gasteiger partial charge in [-0.25, -0.2) is 4.98 Å². The van der Waals surface area contributed by atoms with E-state index in [9.17, 15) is 14.4 Å².